The summed E-state index contributed by atoms with van der Waals surface area (Å²) in [6, 6.07) is 17.8. The maximum absolute atomic E-state index is 10.2. The molecule has 7 heteroatoms. The van der Waals surface area contributed by atoms with Crippen LogP contribution in [0.25, 0.3) is 10.9 Å². The molecule has 1 aliphatic rings. The fourth-order valence-corrected chi connectivity index (χ4v) is 4.48. The van der Waals surface area contributed by atoms with Crippen molar-refractivity contribution in [1.29, 1.82) is 0 Å². The molecule has 1 aromatic heterocycles. The van der Waals surface area contributed by atoms with Gasteiger partial charge in [-0.15, -0.1) is 0 Å². The summed E-state index contributed by atoms with van der Waals surface area (Å²) in [5.74, 6) is 0. The van der Waals surface area contributed by atoms with Crippen molar-refractivity contribution in [3.8, 4) is 0 Å². The van der Waals surface area contributed by atoms with Crippen molar-refractivity contribution >= 4 is 16.6 Å². The molecule has 3 aromatic rings. The molecule has 4 atom stereocenters. The monoisotopic (exact) mass is 425 g/mol. The van der Waals surface area contributed by atoms with Crippen molar-refractivity contribution in [2.24, 2.45) is 0 Å². The first-order valence-corrected chi connectivity index (χ1v) is 10.8. The van der Waals surface area contributed by atoms with E-state index in [-0.39, 0.29) is 13.2 Å². The molecule has 7 nitrogen and oxygen atoms in total. The molecule has 0 bridgehead atoms. The number of aromatic nitrogens is 1. The highest BCUT2D eigenvalue weighted by atomic mass is 16.4. The van der Waals surface area contributed by atoms with E-state index in [2.05, 4.69) is 40.3 Å². The highest BCUT2D eigenvalue weighted by molar-refractivity contribution is 5.84. The summed E-state index contributed by atoms with van der Waals surface area (Å²) < 4.78 is 2.24. The van der Waals surface area contributed by atoms with Crippen molar-refractivity contribution in [1.82, 2.24) is 9.47 Å². The molecule has 0 spiro atoms. The third-order valence-corrected chi connectivity index (χ3v) is 6.21. The summed E-state index contributed by atoms with van der Waals surface area (Å²) in [4.78, 5) is 1.87. The Hall–Kier alpha value is -2.42. The number of piperidine rings is 1. The Morgan fingerprint density at radius 1 is 0.903 bits per heavy atom. The Morgan fingerprint density at radius 2 is 1.65 bits per heavy atom. The number of hydrogen-bond acceptors (Lipinski definition) is 6. The van der Waals surface area contributed by atoms with Gasteiger partial charge < -0.3 is 30.3 Å². The molecular formula is C24H31N3O4. The standard InChI is InChI=1S/C24H31N3O4/c28-16-21-23(30)24(31)22(29)15-26(21)12-10-17-14-27(20-9-5-4-8-19(17)20)13-11-25-18-6-2-1-3-7-18/h1-9,14,21-25,28-31H,10-13,15-16H2/t21-,22+,23-,24-/m1/s1. The summed E-state index contributed by atoms with van der Waals surface area (Å²) >= 11 is 0. The second-order valence-electron chi connectivity index (χ2n) is 8.20. The average Bonchev–Trinajstić information content (AvgIpc) is 3.15. The maximum atomic E-state index is 10.2. The third kappa shape index (κ3) is 4.76. The first kappa shape index (κ1) is 21.8. The second kappa shape index (κ2) is 9.80. The minimum absolute atomic E-state index is 0.225. The van der Waals surface area contributed by atoms with Crippen LogP contribution in [0, 0.1) is 0 Å². The number of aliphatic hydroxyl groups excluding tert-OH is 4. The molecule has 1 fully saturated rings. The Bertz CT molecular complexity index is 977. The van der Waals surface area contributed by atoms with Gasteiger partial charge in [0, 0.05) is 49.0 Å². The molecule has 2 heterocycles. The fourth-order valence-electron chi connectivity index (χ4n) is 4.48. The lowest BCUT2D eigenvalue weighted by molar-refractivity contribution is -0.144. The Morgan fingerprint density at radius 3 is 2.42 bits per heavy atom. The summed E-state index contributed by atoms with van der Waals surface area (Å²) in [6.45, 7) is 2.16. The summed E-state index contributed by atoms with van der Waals surface area (Å²) in [5.41, 5.74) is 3.45. The SMILES string of the molecule is OC[C@@H]1[C@@H](O)[C@H](O)[C@@H](O)CN1CCc1cn(CCNc2ccccc2)c2ccccc12. The molecule has 0 saturated carbocycles. The van der Waals surface area contributed by atoms with E-state index in [1.807, 2.05) is 35.2 Å². The smallest absolute Gasteiger partial charge is 0.109 e. The van der Waals surface area contributed by atoms with Gasteiger partial charge in [-0.2, -0.15) is 0 Å². The van der Waals surface area contributed by atoms with Crippen LogP contribution in [-0.2, 0) is 13.0 Å². The summed E-state index contributed by atoms with van der Waals surface area (Å²) in [6.07, 6.45) is -0.544. The van der Waals surface area contributed by atoms with Crippen molar-refractivity contribution in [2.45, 2.75) is 37.3 Å². The van der Waals surface area contributed by atoms with Gasteiger partial charge in [-0.25, -0.2) is 0 Å². The Balaban J connectivity index is 1.45. The van der Waals surface area contributed by atoms with E-state index in [1.54, 1.807) is 0 Å². The molecular weight excluding hydrogens is 394 g/mol. The van der Waals surface area contributed by atoms with Crippen LogP contribution in [0.5, 0.6) is 0 Å². The number of β-amino-alcohol motifs (C(OH)–C–C–N with tert-alkyl or cyclic N) is 1. The van der Waals surface area contributed by atoms with Gasteiger partial charge in [0.05, 0.1) is 18.8 Å². The predicted molar refractivity (Wildman–Crippen MR) is 121 cm³/mol. The van der Waals surface area contributed by atoms with Crippen LogP contribution < -0.4 is 5.32 Å². The van der Waals surface area contributed by atoms with Crippen LogP contribution in [0.1, 0.15) is 5.56 Å². The minimum atomic E-state index is -1.23. The van der Waals surface area contributed by atoms with Crippen LogP contribution in [0.2, 0.25) is 0 Å². The molecule has 0 unspecified atom stereocenters. The van der Waals surface area contributed by atoms with Gasteiger partial charge in [-0.1, -0.05) is 36.4 Å². The summed E-state index contributed by atoms with van der Waals surface area (Å²) in [5, 5.41) is 44.5. The van der Waals surface area contributed by atoms with Gasteiger partial charge in [0.25, 0.3) is 0 Å². The third-order valence-electron chi connectivity index (χ3n) is 6.21. The number of para-hydroxylation sites is 2. The van der Waals surface area contributed by atoms with Crippen molar-refractivity contribution in [3.05, 3.63) is 66.4 Å². The van der Waals surface area contributed by atoms with Gasteiger partial charge >= 0.3 is 0 Å². The van der Waals surface area contributed by atoms with Crippen LogP contribution in [0.15, 0.2) is 60.8 Å². The van der Waals surface area contributed by atoms with Gasteiger partial charge in [-0.05, 0) is 30.2 Å². The lowest BCUT2D eigenvalue weighted by Crippen LogP contribution is -2.62. The largest absolute Gasteiger partial charge is 0.395 e. The van der Waals surface area contributed by atoms with Gasteiger partial charge in [-0.3, -0.25) is 4.90 Å². The van der Waals surface area contributed by atoms with Gasteiger partial charge in [0.2, 0.25) is 0 Å². The number of nitrogens with zero attached hydrogens (tertiary/aromatic N) is 2. The number of aliphatic hydroxyl groups is 4. The Kier molecular flexibility index (Phi) is 6.89. The minimum Gasteiger partial charge on any atom is -0.395 e. The van der Waals surface area contributed by atoms with Gasteiger partial charge in [0.1, 0.15) is 12.2 Å². The Labute approximate surface area is 182 Å². The zero-order valence-electron chi connectivity index (χ0n) is 17.5. The lowest BCUT2D eigenvalue weighted by atomic mass is 9.94. The van der Waals surface area contributed by atoms with Crippen LogP contribution in [-0.4, -0.2) is 80.5 Å². The van der Waals surface area contributed by atoms with E-state index in [4.69, 9.17) is 0 Å². The number of benzene rings is 2. The van der Waals surface area contributed by atoms with E-state index in [9.17, 15) is 20.4 Å². The van der Waals surface area contributed by atoms with E-state index >= 15 is 0 Å². The normalized spacial score (nSPS) is 24.5. The molecule has 0 aliphatic carbocycles. The maximum Gasteiger partial charge on any atom is 0.109 e. The predicted octanol–water partition coefficient (Wildman–Crippen LogP) is 1.06. The lowest BCUT2D eigenvalue weighted by Gasteiger charge is -2.43. The van der Waals surface area contributed by atoms with Gasteiger partial charge in [0.15, 0.2) is 0 Å². The number of hydrogen-bond donors (Lipinski definition) is 5. The average molecular weight is 426 g/mol. The summed E-state index contributed by atoms with van der Waals surface area (Å²) in [7, 11) is 0. The first-order chi connectivity index (χ1) is 15.1. The highest BCUT2D eigenvalue weighted by Gasteiger charge is 2.40. The molecule has 5 N–H and O–H groups in total. The number of nitrogens with one attached hydrogen (secondary N) is 1. The number of likely N-dealkylation sites (tertiary alicyclic amines) is 1. The van der Waals surface area contributed by atoms with Crippen molar-refractivity contribution in [3.63, 3.8) is 0 Å². The molecule has 0 radical (unpaired) electrons. The number of fused-ring (bicyclic) bond motifs is 1. The molecule has 1 saturated heterocycles. The van der Waals surface area contributed by atoms with E-state index in [1.165, 1.54) is 16.5 Å². The second-order valence-corrected chi connectivity index (χ2v) is 8.20. The molecule has 0 amide bonds. The van der Waals surface area contributed by atoms with Crippen LogP contribution in [0.4, 0.5) is 5.69 Å². The highest BCUT2D eigenvalue weighted by Crippen LogP contribution is 2.24. The quantitative estimate of drug-likeness (QED) is 0.370. The zero-order valence-corrected chi connectivity index (χ0v) is 17.5. The van der Waals surface area contributed by atoms with E-state index in [0.717, 1.165) is 18.8 Å². The fraction of sp³-hybridized carbons (Fsp3) is 0.417. The first-order valence-electron chi connectivity index (χ1n) is 10.8. The number of rotatable bonds is 8. The molecule has 1 aliphatic heterocycles. The molecule has 166 valence electrons. The molecule has 4 rings (SSSR count). The topological polar surface area (TPSA) is 101 Å². The van der Waals surface area contributed by atoms with E-state index in [0.29, 0.717) is 13.0 Å². The van der Waals surface area contributed by atoms with Crippen molar-refractivity contribution < 1.29 is 20.4 Å². The van der Waals surface area contributed by atoms with Crippen LogP contribution >= 0.6 is 0 Å². The van der Waals surface area contributed by atoms with E-state index < -0.39 is 24.4 Å². The van der Waals surface area contributed by atoms with Crippen LogP contribution in [0.3, 0.4) is 0 Å². The zero-order chi connectivity index (χ0) is 21.8. The number of anilines is 1. The molecule has 31 heavy (non-hydrogen) atoms. The molecule has 2 aromatic carbocycles. The van der Waals surface area contributed by atoms with Crippen molar-refractivity contribution in [2.75, 3.05) is 31.6 Å².